The topological polar surface area (TPSA) is 86.1 Å². The highest BCUT2D eigenvalue weighted by Crippen LogP contribution is 2.28. The van der Waals surface area contributed by atoms with Crippen LogP contribution in [0.25, 0.3) is 5.82 Å². The molecule has 2 aromatic rings. The predicted octanol–water partition coefficient (Wildman–Crippen LogP) is 2.28. The number of hydrogen-bond acceptors (Lipinski definition) is 5. The molecular formula is C16H17F3N4O3. The van der Waals surface area contributed by atoms with E-state index in [0.29, 0.717) is 18.3 Å². The van der Waals surface area contributed by atoms with Gasteiger partial charge in [-0.1, -0.05) is 0 Å². The molecule has 1 amide bonds. The molecule has 0 saturated carbocycles. The van der Waals surface area contributed by atoms with Crippen molar-refractivity contribution in [1.82, 2.24) is 20.1 Å². The van der Waals surface area contributed by atoms with E-state index in [9.17, 15) is 22.8 Å². The second kappa shape index (κ2) is 7.98. The number of halogens is 3. The number of pyridine rings is 1. The van der Waals surface area contributed by atoms with Gasteiger partial charge in [-0.3, -0.25) is 9.59 Å². The van der Waals surface area contributed by atoms with Gasteiger partial charge in [-0.05, 0) is 25.5 Å². The number of hydrogen-bond donors (Lipinski definition) is 1. The number of amides is 1. The lowest BCUT2D eigenvalue weighted by Gasteiger charge is -2.08. The van der Waals surface area contributed by atoms with Crippen molar-refractivity contribution in [2.24, 2.45) is 0 Å². The third-order valence-electron chi connectivity index (χ3n) is 3.62. The van der Waals surface area contributed by atoms with E-state index < -0.39 is 17.6 Å². The van der Waals surface area contributed by atoms with Gasteiger partial charge in [-0.15, -0.1) is 0 Å². The van der Waals surface area contributed by atoms with E-state index in [2.05, 4.69) is 20.1 Å². The van der Waals surface area contributed by atoms with Crippen LogP contribution in [0.1, 0.15) is 34.5 Å². The van der Waals surface area contributed by atoms with Crippen molar-refractivity contribution < 1.29 is 27.5 Å². The van der Waals surface area contributed by atoms with E-state index in [0.717, 1.165) is 6.07 Å². The molecule has 0 aliphatic rings. The summed E-state index contributed by atoms with van der Waals surface area (Å²) in [5.41, 5.74) is -0.165. The third-order valence-corrected chi connectivity index (χ3v) is 3.62. The maximum absolute atomic E-state index is 12.6. The monoisotopic (exact) mass is 370 g/mol. The summed E-state index contributed by atoms with van der Waals surface area (Å²) >= 11 is 0. The van der Waals surface area contributed by atoms with Gasteiger partial charge in [0.1, 0.15) is 0 Å². The van der Waals surface area contributed by atoms with Crippen LogP contribution in [-0.4, -0.2) is 40.3 Å². The number of ether oxygens (including phenoxy) is 1. The number of carbonyl (C=O) groups excluding carboxylic acids is 2. The van der Waals surface area contributed by atoms with E-state index in [-0.39, 0.29) is 30.3 Å². The molecule has 2 heterocycles. The van der Waals surface area contributed by atoms with Gasteiger partial charge in [-0.2, -0.15) is 18.3 Å². The molecule has 0 radical (unpaired) electrons. The van der Waals surface area contributed by atoms with Crippen molar-refractivity contribution in [3.05, 3.63) is 41.3 Å². The Morgan fingerprint density at radius 2 is 2.00 bits per heavy atom. The zero-order valence-corrected chi connectivity index (χ0v) is 14.1. The smallest absolute Gasteiger partial charge is 0.417 e. The normalized spacial score (nSPS) is 11.3. The van der Waals surface area contributed by atoms with Gasteiger partial charge < -0.3 is 10.1 Å². The zero-order valence-electron chi connectivity index (χ0n) is 14.1. The average molecular weight is 370 g/mol. The van der Waals surface area contributed by atoms with Crippen LogP contribution in [0.2, 0.25) is 0 Å². The summed E-state index contributed by atoms with van der Waals surface area (Å²) in [7, 11) is 1.29. The van der Waals surface area contributed by atoms with Gasteiger partial charge in [0.25, 0.3) is 5.91 Å². The number of esters is 1. The maximum Gasteiger partial charge on any atom is 0.417 e. The van der Waals surface area contributed by atoms with Crippen LogP contribution < -0.4 is 5.32 Å². The first-order valence-corrected chi connectivity index (χ1v) is 7.67. The average Bonchev–Trinajstić information content (AvgIpc) is 2.99. The second-order valence-electron chi connectivity index (χ2n) is 5.39. The van der Waals surface area contributed by atoms with Crippen LogP contribution in [0.5, 0.6) is 0 Å². The van der Waals surface area contributed by atoms with Crippen molar-refractivity contribution in [1.29, 1.82) is 0 Å². The Morgan fingerprint density at radius 1 is 1.27 bits per heavy atom. The van der Waals surface area contributed by atoms with Gasteiger partial charge in [0.15, 0.2) is 5.82 Å². The molecule has 26 heavy (non-hydrogen) atoms. The van der Waals surface area contributed by atoms with Gasteiger partial charge in [0.05, 0.1) is 30.1 Å². The minimum Gasteiger partial charge on any atom is -0.469 e. The van der Waals surface area contributed by atoms with E-state index >= 15 is 0 Å². The van der Waals surface area contributed by atoms with E-state index in [1.807, 2.05) is 0 Å². The molecular weight excluding hydrogens is 353 g/mol. The largest absolute Gasteiger partial charge is 0.469 e. The highest BCUT2D eigenvalue weighted by atomic mass is 19.4. The lowest BCUT2D eigenvalue weighted by atomic mass is 10.2. The number of carbonyl (C=O) groups is 2. The van der Waals surface area contributed by atoms with E-state index in [4.69, 9.17) is 0 Å². The Hall–Kier alpha value is -2.91. The van der Waals surface area contributed by atoms with E-state index in [1.165, 1.54) is 24.1 Å². The molecule has 0 spiro atoms. The molecule has 0 aromatic carbocycles. The molecule has 0 unspecified atom stereocenters. The van der Waals surface area contributed by atoms with Crippen LogP contribution in [0.15, 0.2) is 24.5 Å². The van der Waals surface area contributed by atoms with Crippen molar-refractivity contribution in [2.45, 2.75) is 25.9 Å². The lowest BCUT2D eigenvalue weighted by Crippen LogP contribution is -2.25. The molecule has 0 bridgehead atoms. The summed E-state index contributed by atoms with van der Waals surface area (Å²) in [5.74, 6) is -0.595. The Morgan fingerprint density at radius 3 is 2.58 bits per heavy atom. The summed E-state index contributed by atoms with van der Waals surface area (Å²) in [5, 5.41) is 6.65. The van der Waals surface area contributed by atoms with Crippen LogP contribution in [0.3, 0.4) is 0 Å². The number of aromatic nitrogens is 3. The molecule has 0 atom stereocenters. The number of rotatable bonds is 6. The molecule has 0 aliphatic heterocycles. The summed E-state index contributed by atoms with van der Waals surface area (Å²) in [6.07, 6.45) is -1.84. The van der Waals surface area contributed by atoms with Gasteiger partial charge in [0, 0.05) is 19.2 Å². The molecule has 10 heteroatoms. The maximum atomic E-state index is 12.6. The highest BCUT2D eigenvalue weighted by Gasteiger charge is 2.30. The number of nitrogens with zero attached hydrogens (tertiary/aromatic N) is 3. The summed E-state index contributed by atoms with van der Waals surface area (Å²) in [6.45, 7) is 1.88. The number of nitrogens with one attached hydrogen (secondary N) is 1. The Kier molecular flexibility index (Phi) is 5.96. The fourth-order valence-corrected chi connectivity index (χ4v) is 2.17. The Balaban J connectivity index is 2.05. The molecule has 2 rings (SSSR count). The summed E-state index contributed by atoms with van der Waals surface area (Å²) < 4.78 is 43.5. The highest BCUT2D eigenvalue weighted by molar-refractivity contribution is 5.95. The van der Waals surface area contributed by atoms with Gasteiger partial charge in [0.2, 0.25) is 0 Å². The quantitative estimate of drug-likeness (QED) is 0.623. The molecule has 0 aliphatic carbocycles. The standard InChI is InChI=1S/C16H17F3N4O3/c1-10-12(15(25)20-7-3-4-14(24)26-2)9-22-23(10)13-6-5-11(8-21-13)16(17,18)19/h5-6,8-9H,3-4,7H2,1-2H3,(H,20,25). The van der Waals surface area contributed by atoms with Crippen LogP contribution in [0, 0.1) is 6.92 Å². The molecule has 1 N–H and O–H groups in total. The zero-order chi connectivity index (χ0) is 19.3. The molecule has 2 aromatic heterocycles. The van der Waals surface area contributed by atoms with Gasteiger partial charge >= 0.3 is 12.1 Å². The molecule has 0 saturated heterocycles. The van der Waals surface area contributed by atoms with Crippen molar-refractivity contribution in [3.8, 4) is 5.82 Å². The van der Waals surface area contributed by atoms with Crippen molar-refractivity contribution >= 4 is 11.9 Å². The fraction of sp³-hybridized carbons (Fsp3) is 0.375. The number of methoxy groups -OCH3 is 1. The van der Waals surface area contributed by atoms with E-state index in [1.54, 1.807) is 6.92 Å². The summed E-state index contributed by atoms with van der Waals surface area (Å²) in [4.78, 5) is 26.9. The first kappa shape index (κ1) is 19.4. The van der Waals surface area contributed by atoms with Crippen LogP contribution in [-0.2, 0) is 15.7 Å². The lowest BCUT2D eigenvalue weighted by molar-refractivity contribution is -0.140. The molecule has 0 fully saturated rings. The molecule has 7 nitrogen and oxygen atoms in total. The number of alkyl halides is 3. The van der Waals surface area contributed by atoms with Crippen LogP contribution in [0.4, 0.5) is 13.2 Å². The Bertz CT molecular complexity index is 785. The second-order valence-corrected chi connectivity index (χ2v) is 5.39. The predicted molar refractivity (Wildman–Crippen MR) is 84.7 cm³/mol. The summed E-state index contributed by atoms with van der Waals surface area (Å²) in [6, 6.07) is 2.08. The molecule has 140 valence electrons. The first-order chi connectivity index (χ1) is 12.2. The van der Waals surface area contributed by atoms with Crippen molar-refractivity contribution in [3.63, 3.8) is 0 Å². The fourth-order valence-electron chi connectivity index (χ4n) is 2.17. The minimum absolute atomic E-state index is 0.167. The van der Waals surface area contributed by atoms with Crippen LogP contribution >= 0.6 is 0 Å². The minimum atomic E-state index is -4.47. The van der Waals surface area contributed by atoms with Crippen molar-refractivity contribution in [2.75, 3.05) is 13.7 Å². The first-order valence-electron chi connectivity index (χ1n) is 7.67. The Labute approximate surface area is 147 Å². The van der Waals surface area contributed by atoms with Gasteiger partial charge in [-0.25, -0.2) is 9.67 Å². The third kappa shape index (κ3) is 4.58. The SMILES string of the molecule is COC(=O)CCCNC(=O)c1cnn(-c2ccc(C(F)(F)F)cn2)c1C.